The highest BCUT2D eigenvalue weighted by Crippen LogP contribution is 2.28. The molecule has 2 nitrogen and oxygen atoms in total. The topological polar surface area (TPSA) is 15.3 Å². The van der Waals surface area contributed by atoms with Crippen molar-refractivity contribution in [3.8, 4) is 0 Å². The summed E-state index contributed by atoms with van der Waals surface area (Å²) in [4.78, 5) is 2.61. The molecule has 1 aromatic rings. The Labute approximate surface area is 132 Å². The lowest BCUT2D eigenvalue weighted by molar-refractivity contribution is 0.251. The summed E-state index contributed by atoms with van der Waals surface area (Å²) in [6.45, 7) is 11.6. The van der Waals surface area contributed by atoms with Crippen molar-refractivity contribution in [1.82, 2.24) is 10.2 Å². The van der Waals surface area contributed by atoms with E-state index in [0.717, 1.165) is 18.4 Å². The van der Waals surface area contributed by atoms with E-state index in [2.05, 4.69) is 71.2 Å². The minimum absolute atomic E-state index is 0.516. The molecule has 0 aliphatic carbocycles. The normalized spacial score (nSPS) is 21.6. The second kappa shape index (κ2) is 7.58. The van der Waals surface area contributed by atoms with E-state index >= 15 is 0 Å². The predicted molar refractivity (Wildman–Crippen MR) is 89.9 cm³/mol. The fourth-order valence-electron chi connectivity index (χ4n) is 2.93. The molecule has 2 atom stereocenters. The van der Waals surface area contributed by atoms with Crippen molar-refractivity contribution in [3.05, 3.63) is 34.3 Å². The molecule has 1 fully saturated rings. The van der Waals surface area contributed by atoms with Crippen LogP contribution < -0.4 is 5.32 Å². The first-order valence-corrected chi connectivity index (χ1v) is 8.55. The number of likely N-dealkylation sites (tertiary alicyclic amines) is 1. The molecule has 2 rings (SSSR count). The Morgan fingerprint density at radius 3 is 2.85 bits per heavy atom. The maximum atomic E-state index is 3.60. The van der Waals surface area contributed by atoms with Gasteiger partial charge in [-0.1, -0.05) is 41.9 Å². The Hall–Kier alpha value is -0.380. The smallest absolute Gasteiger partial charge is 0.0320 e. The maximum absolute atomic E-state index is 3.60. The Kier molecular flexibility index (Phi) is 6.06. The van der Waals surface area contributed by atoms with E-state index in [4.69, 9.17) is 0 Å². The molecule has 1 N–H and O–H groups in total. The zero-order valence-electron chi connectivity index (χ0n) is 12.9. The Bertz CT molecular complexity index is 419. The van der Waals surface area contributed by atoms with Gasteiger partial charge in [-0.2, -0.15) is 0 Å². The summed E-state index contributed by atoms with van der Waals surface area (Å²) in [6.07, 6.45) is 1.32. The maximum Gasteiger partial charge on any atom is 0.0320 e. The average molecular weight is 339 g/mol. The summed E-state index contributed by atoms with van der Waals surface area (Å²) < 4.78 is 1.18. The minimum atomic E-state index is 0.516. The molecule has 1 aliphatic rings. The molecule has 1 heterocycles. The van der Waals surface area contributed by atoms with E-state index in [1.54, 1.807) is 0 Å². The van der Waals surface area contributed by atoms with Crippen LogP contribution in [-0.4, -0.2) is 31.1 Å². The van der Waals surface area contributed by atoms with Gasteiger partial charge in [0, 0.05) is 17.1 Å². The van der Waals surface area contributed by atoms with Gasteiger partial charge in [0.2, 0.25) is 0 Å². The van der Waals surface area contributed by atoms with Gasteiger partial charge < -0.3 is 5.32 Å². The first-order valence-electron chi connectivity index (χ1n) is 7.76. The number of benzene rings is 1. The highest BCUT2D eigenvalue weighted by atomic mass is 79.9. The lowest BCUT2D eigenvalue weighted by Crippen LogP contribution is -2.29. The van der Waals surface area contributed by atoms with Gasteiger partial charge in [0.15, 0.2) is 0 Å². The second-order valence-electron chi connectivity index (χ2n) is 6.43. The van der Waals surface area contributed by atoms with Gasteiger partial charge in [0.05, 0.1) is 0 Å². The number of halogens is 1. The van der Waals surface area contributed by atoms with Crippen molar-refractivity contribution in [3.63, 3.8) is 0 Å². The average Bonchev–Trinajstić information content (AvgIpc) is 2.86. The number of hydrogen-bond acceptors (Lipinski definition) is 2. The second-order valence-corrected chi connectivity index (χ2v) is 7.35. The molecule has 20 heavy (non-hydrogen) atoms. The number of hydrogen-bond donors (Lipinski definition) is 1. The summed E-state index contributed by atoms with van der Waals surface area (Å²) in [5.41, 5.74) is 1.41. The molecule has 0 bridgehead atoms. The van der Waals surface area contributed by atoms with E-state index in [1.807, 2.05) is 0 Å². The monoisotopic (exact) mass is 338 g/mol. The molecule has 0 radical (unpaired) electrons. The molecule has 1 saturated heterocycles. The highest BCUT2D eigenvalue weighted by Gasteiger charge is 2.26. The van der Waals surface area contributed by atoms with Crippen LogP contribution in [0.25, 0.3) is 0 Å². The van der Waals surface area contributed by atoms with E-state index in [9.17, 15) is 0 Å². The summed E-state index contributed by atoms with van der Waals surface area (Å²) >= 11 is 3.57. The quantitative estimate of drug-likeness (QED) is 0.840. The molecule has 0 amide bonds. The van der Waals surface area contributed by atoms with Crippen molar-refractivity contribution in [2.24, 2.45) is 11.8 Å². The molecule has 1 aliphatic heterocycles. The fourth-order valence-corrected chi connectivity index (χ4v) is 3.35. The molecule has 1 aromatic carbocycles. The van der Waals surface area contributed by atoms with Crippen LogP contribution in [0.1, 0.15) is 38.8 Å². The molecule has 2 unspecified atom stereocenters. The molecule has 3 heteroatoms. The predicted octanol–water partition coefficient (Wildman–Crippen LogP) is 4.08. The van der Waals surface area contributed by atoms with Crippen LogP contribution in [0.5, 0.6) is 0 Å². The van der Waals surface area contributed by atoms with Crippen molar-refractivity contribution >= 4 is 15.9 Å². The van der Waals surface area contributed by atoms with E-state index in [-0.39, 0.29) is 0 Å². The largest absolute Gasteiger partial charge is 0.316 e. The van der Waals surface area contributed by atoms with E-state index in [1.165, 1.54) is 36.1 Å². The molecule has 0 aromatic heterocycles. The van der Waals surface area contributed by atoms with Gasteiger partial charge in [-0.15, -0.1) is 0 Å². The lowest BCUT2D eigenvalue weighted by atomic mass is 10.1. The van der Waals surface area contributed by atoms with Gasteiger partial charge in [-0.05, 0) is 62.5 Å². The number of nitrogens with one attached hydrogen (secondary N) is 1. The van der Waals surface area contributed by atoms with Crippen molar-refractivity contribution in [1.29, 1.82) is 0 Å². The number of rotatable bonds is 6. The minimum Gasteiger partial charge on any atom is -0.316 e. The lowest BCUT2D eigenvalue weighted by Gasteiger charge is -2.25. The molecule has 0 spiro atoms. The molecular weight excluding hydrogens is 312 g/mol. The standard InChI is InChI=1S/C17H27BrN2/c1-13(2)10-19-11-15-7-8-20(12-15)14(3)16-5-4-6-17(18)9-16/h4-6,9,13-15,19H,7-8,10-12H2,1-3H3. The third-order valence-electron chi connectivity index (χ3n) is 4.18. The first-order chi connectivity index (χ1) is 9.56. The van der Waals surface area contributed by atoms with Crippen molar-refractivity contribution in [2.45, 2.75) is 33.2 Å². The molecule has 0 saturated carbocycles. The van der Waals surface area contributed by atoms with Crippen LogP contribution >= 0.6 is 15.9 Å². The molecule has 112 valence electrons. The summed E-state index contributed by atoms with van der Waals surface area (Å²) in [5.74, 6) is 1.55. The van der Waals surface area contributed by atoms with Gasteiger partial charge in [-0.25, -0.2) is 0 Å². The summed E-state index contributed by atoms with van der Waals surface area (Å²) in [7, 11) is 0. The van der Waals surface area contributed by atoms with Gasteiger partial charge >= 0.3 is 0 Å². The van der Waals surface area contributed by atoms with E-state index < -0.39 is 0 Å². The first kappa shape index (κ1) is 16.0. The highest BCUT2D eigenvalue weighted by molar-refractivity contribution is 9.10. The van der Waals surface area contributed by atoms with Crippen molar-refractivity contribution in [2.75, 3.05) is 26.2 Å². The van der Waals surface area contributed by atoms with E-state index in [0.29, 0.717) is 6.04 Å². The van der Waals surface area contributed by atoms with Crippen LogP contribution in [0.2, 0.25) is 0 Å². The summed E-state index contributed by atoms with van der Waals surface area (Å²) in [5, 5.41) is 3.60. The summed E-state index contributed by atoms with van der Waals surface area (Å²) in [6, 6.07) is 9.23. The zero-order valence-corrected chi connectivity index (χ0v) is 14.5. The zero-order chi connectivity index (χ0) is 14.5. The van der Waals surface area contributed by atoms with Crippen LogP contribution in [0.3, 0.4) is 0 Å². The van der Waals surface area contributed by atoms with Gasteiger partial charge in [-0.3, -0.25) is 4.90 Å². The Morgan fingerprint density at radius 1 is 1.35 bits per heavy atom. The number of nitrogens with zero attached hydrogens (tertiary/aromatic N) is 1. The Morgan fingerprint density at radius 2 is 2.15 bits per heavy atom. The van der Waals surface area contributed by atoms with Crippen molar-refractivity contribution < 1.29 is 0 Å². The Balaban J connectivity index is 1.83. The SMILES string of the molecule is CC(C)CNCC1CCN(C(C)c2cccc(Br)c2)C1. The van der Waals surface area contributed by atoms with Crippen LogP contribution in [0.15, 0.2) is 28.7 Å². The van der Waals surface area contributed by atoms with Gasteiger partial charge in [0.1, 0.15) is 0 Å². The molecular formula is C17H27BrN2. The third-order valence-corrected chi connectivity index (χ3v) is 4.67. The fraction of sp³-hybridized carbons (Fsp3) is 0.647. The third kappa shape index (κ3) is 4.57. The van der Waals surface area contributed by atoms with Crippen LogP contribution in [-0.2, 0) is 0 Å². The van der Waals surface area contributed by atoms with Gasteiger partial charge in [0.25, 0.3) is 0 Å². The van der Waals surface area contributed by atoms with Crippen LogP contribution in [0.4, 0.5) is 0 Å². The van der Waals surface area contributed by atoms with Crippen LogP contribution in [0, 0.1) is 11.8 Å².